The molecule has 1 saturated heterocycles. The average Bonchev–Trinajstić information content (AvgIpc) is 2.73. The Morgan fingerprint density at radius 1 is 1.04 bits per heavy atom. The van der Waals surface area contributed by atoms with Crippen LogP contribution in [0.25, 0.3) is 10.9 Å². The van der Waals surface area contributed by atoms with Gasteiger partial charge in [-0.25, -0.2) is 0 Å². The fourth-order valence-corrected chi connectivity index (χ4v) is 4.14. The summed E-state index contributed by atoms with van der Waals surface area (Å²) in [5.41, 5.74) is 2.93. The lowest BCUT2D eigenvalue weighted by molar-refractivity contribution is 0.102. The van der Waals surface area contributed by atoms with E-state index in [1.807, 2.05) is 36.4 Å². The maximum absolute atomic E-state index is 12.6. The lowest BCUT2D eigenvalue weighted by Crippen LogP contribution is -2.43. The largest absolute Gasteiger partial charge is 0.369 e. The molecule has 4 nitrogen and oxygen atoms in total. The van der Waals surface area contributed by atoms with Gasteiger partial charge in [0.2, 0.25) is 0 Å². The lowest BCUT2D eigenvalue weighted by Gasteiger charge is -2.29. The Labute approximate surface area is 169 Å². The van der Waals surface area contributed by atoms with Gasteiger partial charge in [-0.1, -0.05) is 18.2 Å². The number of ketones is 1. The number of hydrogen-bond donors (Lipinski definition) is 1. The molecule has 1 aliphatic rings. The second-order valence-corrected chi connectivity index (χ2v) is 7.34. The van der Waals surface area contributed by atoms with E-state index in [0.717, 1.165) is 47.5 Å². The number of halogens is 1. The molecule has 0 spiro atoms. The van der Waals surface area contributed by atoms with Crippen molar-refractivity contribution in [1.82, 2.24) is 10.3 Å². The molecule has 1 fully saturated rings. The molecule has 4 rings (SSSR count). The number of rotatable bonds is 5. The maximum Gasteiger partial charge on any atom is 0.173 e. The summed E-state index contributed by atoms with van der Waals surface area (Å²) in [5, 5.41) is 4.45. The van der Waals surface area contributed by atoms with Gasteiger partial charge in [0, 0.05) is 53.9 Å². The zero-order valence-corrected chi connectivity index (χ0v) is 16.6. The van der Waals surface area contributed by atoms with Crippen molar-refractivity contribution in [3.05, 3.63) is 66.4 Å². The minimum atomic E-state index is 0. The fourth-order valence-electron chi connectivity index (χ4n) is 3.20. The Hall–Kier alpha value is -2.08. The first-order valence-electron chi connectivity index (χ1n) is 8.87. The summed E-state index contributed by atoms with van der Waals surface area (Å²) in [6.45, 7) is 4.05. The molecule has 1 N–H and O–H groups in total. The SMILES string of the molecule is Cl.O=C(CSc1ccnc2ccccc12)c1ccc(N2CCNCC2)cc1. The normalized spacial score (nSPS) is 14.0. The van der Waals surface area contributed by atoms with E-state index in [1.54, 1.807) is 18.0 Å². The van der Waals surface area contributed by atoms with Crippen molar-refractivity contribution in [2.24, 2.45) is 0 Å². The van der Waals surface area contributed by atoms with Gasteiger partial charge in [0.25, 0.3) is 0 Å². The number of anilines is 1. The van der Waals surface area contributed by atoms with E-state index in [2.05, 4.69) is 33.4 Å². The third-order valence-corrected chi connectivity index (χ3v) is 5.71. The second-order valence-electron chi connectivity index (χ2n) is 6.32. The van der Waals surface area contributed by atoms with Crippen molar-refractivity contribution >= 4 is 46.5 Å². The minimum Gasteiger partial charge on any atom is -0.369 e. The summed E-state index contributed by atoms with van der Waals surface area (Å²) in [7, 11) is 0. The molecule has 0 bridgehead atoms. The van der Waals surface area contributed by atoms with Crippen molar-refractivity contribution in [3.8, 4) is 0 Å². The third-order valence-electron chi connectivity index (χ3n) is 4.64. The van der Waals surface area contributed by atoms with E-state index in [0.29, 0.717) is 5.75 Å². The zero-order chi connectivity index (χ0) is 17.8. The number of para-hydroxylation sites is 1. The summed E-state index contributed by atoms with van der Waals surface area (Å²) >= 11 is 1.58. The summed E-state index contributed by atoms with van der Waals surface area (Å²) in [5.74, 6) is 0.587. The molecule has 0 aliphatic carbocycles. The Kier molecular flexibility index (Phi) is 6.72. The monoisotopic (exact) mass is 399 g/mol. The molecule has 0 radical (unpaired) electrons. The van der Waals surface area contributed by atoms with E-state index in [1.165, 1.54) is 5.69 Å². The highest BCUT2D eigenvalue weighted by molar-refractivity contribution is 8.00. The van der Waals surface area contributed by atoms with Gasteiger partial charge in [-0.2, -0.15) is 0 Å². The van der Waals surface area contributed by atoms with Crippen LogP contribution in [0.2, 0.25) is 0 Å². The number of carbonyl (C=O) groups excluding carboxylic acids is 1. The van der Waals surface area contributed by atoms with Crippen molar-refractivity contribution in [3.63, 3.8) is 0 Å². The summed E-state index contributed by atoms with van der Waals surface area (Å²) < 4.78 is 0. The highest BCUT2D eigenvalue weighted by Crippen LogP contribution is 2.27. The maximum atomic E-state index is 12.6. The number of pyridine rings is 1. The molecule has 2 aromatic carbocycles. The number of fused-ring (bicyclic) bond motifs is 1. The highest BCUT2D eigenvalue weighted by atomic mass is 35.5. The van der Waals surface area contributed by atoms with Crippen LogP contribution in [0, 0.1) is 0 Å². The van der Waals surface area contributed by atoms with E-state index < -0.39 is 0 Å². The number of nitrogens with one attached hydrogen (secondary N) is 1. The van der Waals surface area contributed by atoms with Crippen molar-refractivity contribution < 1.29 is 4.79 Å². The Balaban J connectivity index is 0.00000210. The minimum absolute atomic E-state index is 0. The molecule has 140 valence electrons. The number of thioether (sulfide) groups is 1. The molecular formula is C21H22ClN3OS. The molecule has 0 unspecified atom stereocenters. The topological polar surface area (TPSA) is 45.2 Å². The van der Waals surface area contributed by atoms with Crippen LogP contribution in [0.15, 0.2) is 65.7 Å². The number of hydrogen-bond acceptors (Lipinski definition) is 5. The Morgan fingerprint density at radius 3 is 2.56 bits per heavy atom. The molecule has 6 heteroatoms. The number of Topliss-reactive ketones (excluding diaryl/α,β-unsaturated/α-hetero) is 1. The summed E-state index contributed by atoms with van der Waals surface area (Å²) in [6, 6.07) is 18.0. The van der Waals surface area contributed by atoms with Crippen LogP contribution in [0.3, 0.4) is 0 Å². The average molecular weight is 400 g/mol. The van der Waals surface area contributed by atoms with E-state index in [4.69, 9.17) is 0 Å². The van der Waals surface area contributed by atoms with Crippen LogP contribution >= 0.6 is 24.2 Å². The first-order valence-corrected chi connectivity index (χ1v) is 9.85. The van der Waals surface area contributed by atoms with E-state index in [9.17, 15) is 4.79 Å². The number of aromatic nitrogens is 1. The summed E-state index contributed by atoms with van der Waals surface area (Å²) in [6.07, 6.45) is 1.80. The number of piperazine rings is 1. The Bertz CT molecular complexity index is 905. The lowest BCUT2D eigenvalue weighted by atomic mass is 10.1. The molecule has 27 heavy (non-hydrogen) atoms. The predicted molar refractivity (Wildman–Crippen MR) is 116 cm³/mol. The fraction of sp³-hybridized carbons (Fsp3) is 0.238. The second kappa shape index (κ2) is 9.22. The molecule has 0 amide bonds. The number of benzene rings is 2. The van der Waals surface area contributed by atoms with Gasteiger partial charge in [0.15, 0.2) is 5.78 Å². The van der Waals surface area contributed by atoms with Gasteiger partial charge in [-0.15, -0.1) is 24.2 Å². The van der Waals surface area contributed by atoms with E-state index in [-0.39, 0.29) is 18.2 Å². The third kappa shape index (κ3) is 4.61. The van der Waals surface area contributed by atoms with Crippen LogP contribution < -0.4 is 10.2 Å². The quantitative estimate of drug-likeness (QED) is 0.518. The first-order chi connectivity index (χ1) is 12.8. The van der Waals surface area contributed by atoms with E-state index >= 15 is 0 Å². The Morgan fingerprint density at radius 2 is 1.78 bits per heavy atom. The van der Waals surface area contributed by atoms with Crippen molar-refractivity contribution in [2.45, 2.75) is 4.90 Å². The van der Waals surface area contributed by atoms with Crippen LogP contribution in [0.5, 0.6) is 0 Å². The molecule has 0 atom stereocenters. The number of nitrogens with zero attached hydrogens (tertiary/aromatic N) is 2. The van der Waals surface area contributed by atoms with Crippen LogP contribution in [0.1, 0.15) is 10.4 Å². The number of carbonyl (C=O) groups is 1. The first kappa shape index (κ1) is 19.7. The van der Waals surface area contributed by atoms with Gasteiger partial charge in [0.1, 0.15) is 0 Å². The molecule has 1 aromatic heterocycles. The van der Waals surface area contributed by atoms with Gasteiger partial charge in [0.05, 0.1) is 11.3 Å². The van der Waals surface area contributed by atoms with Crippen LogP contribution in [-0.2, 0) is 0 Å². The standard InChI is InChI=1S/C21H21N3OS.ClH/c25-20(15-26-21-9-10-23-19-4-2-1-3-18(19)21)16-5-7-17(8-6-16)24-13-11-22-12-14-24;/h1-10,22H,11-15H2;1H. The van der Waals surface area contributed by atoms with Gasteiger partial charge < -0.3 is 10.2 Å². The molecule has 2 heterocycles. The molecule has 3 aromatic rings. The van der Waals surface area contributed by atoms with Gasteiger partial charge in [-0.3, -0.25) is 9.78 Å². The zero-order valence-electron chi connectivity index (χ0n) is 14.9. The predicted octanol–water partition coefficient (Wildman–Crippen LogP) is 4.04. The molecule has 0 saturated carbocycles. The molecule has 1 aliphatic heterocycles. The summed E-state index contributed by atoms with van der Waals surface area (Å²) in [4.78, 5) is 20.4. The molecular weight excluding hydrogens is 378 g/mol. The van der Waals surface area contributed by atoms with Crippen LogP contribution in [-0.4, -0.2) is 42.7 Å². The van der Waals surface area contributed by atoms with Gasteiger partial charge in [-0.05, 0) is 36.4 Å². The van der Waals surface area contributed by atoms with Crippen molar-refractivity contribution in [2.75, 3.05) is 36.8 Å². The van der Waals surface area contributed by atoms with Gasteiger partial charge >= 0.3 is 0 Å². The van der Waals surface area contributed by atoms with Crippen LogP contribution in [0.4, 0.5) is 5.69 Å². The smallest absolute Gasteiger partial charge is 0.173 e. The van der Waals surface area contributed by atoms with Crippen molar-refractivity contribution in [1.29, 1.82) is 0 Å². The highest BCUT2D eigenvalue weighted by Gasteiger charge is 2.12.